The summed E-state index contributed by atoms with van der Waals surface area (Å²) >= 11 is 0. The predicted molar refractivity (Wildman–Crippen MR) is 281 cm³/mol. The highest BCUT2D eigenvalue weighted by atomic mass is 31.2. The van der Waals surface area contributed by atoms with E-state index in [0.717, 1.165) is 44.9 Å². The van der Waals surface area contributed by atoms with Gasteiger partial charge in [-0.05, 0) is 70.6 Å². The van der Waals surface area contributed by atoms with E-state index >= 15 is 0 Å². The van der Waals surface area contributed by atoms with Gasteiger partial charge in [0.15, 0.2) is 0 Å². The zero-order valence-electron chi connectivity index (χ0n) is 43.2. The van der Waals surface area contributed by atoms with Crippen LogP contribution in [0.25, 0.3) is 0 Å². The molecule has 0 heterocycles. The van der Waals surface area contributed by atoms with Gasteiger partial charge in [0.1, 0.15) is 13.2 Å². The quantitative estimate of drug-likeness (QED) is 0.0185. The number of hydrogen-bond donors (Lipinski definition) is 3. The summed E-state index contributed by atoms with van der Waals surface area (Å²) in [5, 5.41) is 13.9. The molecule has 0 spiro atoms. The smallest absolute Gasteiger partial charge is 0.387 e. The number of aliphatic hydroxyl groups excluding tert-OH is 1. The first-order valence-corrected chi connectivity index (χ1v) is 28.7. The van der Waals surface area contributed by atoms with Crippen molar-refractivity contribution in [2.24, 2.45) is 0 Å². The second-order valence-corrected chi connectivity index (χ2v) is 21.1. The number of likely N-dealkylation sites (N-methyl/N-ethyl adjacent to an activating group) is 1. The van der Waals surface area contributed by atoms with E-state index in [9.17, 15) is 19.4 Å². The summed E-state index contributed by atoms with van der Waals surface area (Å²) in [7, 11) is 1.54. The van der Waals surface area contributed by atoms with Gasteiger partial charge in [-0.3, -0.25) is 13.8 Å². The van der Waals surface area contributed by atoms with E-state index in [0.29, 0.717) is 17.4 Å². The topological polar surface area (TPSA) is 105 Å². The first-order valence-electron chi connectivity index (χ1n) is 27.2. The number of quaternary nitrogens is 1. The summed E-state index contributed by atoms with van der Waals surface area (Å²) < 4.78 is 23.6. The molecule has 0 fully saturated rings. The third-order valence-electron chi connectivity index (χ3n) is 12.0. The van der Waals surface area contributed by atoms with Gasteiger partial charge in [0, 0.05) is 6.42 Å². The highest BCUT2D eigenvalue weighted by Gasteiger charge is 2.27. The Kier molecular flexibility index (Phi) is 46.0. The van der Waals surface area contributed by atoms with Crippen LogP contribution in [0.4, 0.5) is 0 Å². The third-order valence-corrected chi connectivity index (χ3v) is 12.9. The Labute approximate surface area is 402 Å². The largest absolute Gasteiger partial charge is 0.472 e. The number of carbonyl (C=O) groups excluding carboxylic acids is 1. The molecule has 0 saturated carbocycles. The fourth-order valence-corrected chi connectivity index (χ4v) is 8.39. The van der Waals surface area contributed by atoms with Gasteiger partial charge in [-0.25, -0.2) is 4.57 Å². The molecule has 0 aromatic rings. The standard InChI is InChI=1S/C56H105N2O6P/c1-6-8-10-12-14-16-18-20-22-24-26-27-28-29-30-32-33-35-37-39-41-43-45-47-49-55(59)54(53-64-65(61,62)63-52-51-58(3,4)5)57-56(60)50-48-46-44-42-40-38-36-34-31-25-23-21-19-17-15-13-11-9-7-2/h15,17,19,21,32-33,39,41,47,49,54-55,59H,6-14,16,18,20,22-31,34-38,40,42-46,48,50-53H2,1-5H3,(H-,57,60,61,62)/p+1/b17-15-,21-19-,33-32+,41-39+,49-47+. The molecule has 0 aliphatic rings. The molecule has 3 atom stereocenters. The maximum Gasteiger partial charge on any atom is 0.472 e. The van der Waals surface area contributed by atoms with Gasteiger partial charge >= 0.3 is 7.82 Å². The van der Waals surface area contributed by atoms with Crippen LogP contribution in [0.2, 0.25) is 0 Å². The average Bonchev–Trinajstić information content (AvgIpc) is 3.26. The molecule has 0 radical (unpaired) electrons. The fourth-order valence-electron chi connectivity index (χ4n) is 7.65. The monoisotopic (exact) mass is 934 g/mol. The number of nitrogens with one attached hydrogen (secondary N) is 1. The second-order valence-electron chi connectivity index (χ2n) is 19.6. The minimum atomic E-state index is -4.36. The normalized spacial score (nSPS) is 14.5. The number of carbonyl (C=O) groups is 1. The van der Waals surface area contributed by atoms with Crippen LogP contribution in [-0.2, 0) is 18.4 Å². The number of nitrogens with zero attached hydrogens (tertiary/aromatic N) is 1. The first-order chi connectivity index (χ1) is 31.5. The van der Waals surface area contributed by atoms with Crippen LogP contribution in [0.1, 0.15) is 239 Å². The van der Waals surface area contributed by atoms with Crippen molar-refractivity contribution in [3.8, 4) is 0 Å². The van der Waals surface area contributed by atoms with Gasteiger partial charge in [-0.15, -0.1) is 0 Å². The number of phosphoric ester groups is 1. The maximum absolute atomic E-state index is 12.9. The maximum atomic E-state index is 12.9. The third kappa shape index (κ3) is 49.9. The van der Waals surface area contributed by atoms with Gasteiger partial charge in [0.2, 0.25) is 5.91 Å². The van der Waals surface area contributed by atoms with Crippen molar-refractivity contribution in [3.05, 3.63) is 60.8 Å². The van der Waals surface area contributed by atoms with Crippen LogP contribution in [-0.4, -0.2) is 73.4 Å². The molecule has 8 nitrogen and oxygen atoms in total. The van der Waals surface area contributed by atoms with Crippen LogP contribution in [0, 0.1) is 0 Å². The highest BCUT2D eigenvalue weighted by molar-refractivity contribution is 7.47. The SMILES string of the molecule is CCCCC/C=C\C=C/CCCCCCCCCCCCC(=O)NC(COP(=O)(O)OCC[N+](C)(C)C)C(O)/C=C/CC/C=C/CC/C=C/CCCCCCCCCCCCCCCC. The number of phosphoric acid groups is 1. The minimum Gasteiger partial charge on any atom is -0.387 e. The number of rotatable bonds is 49. The van der Waals surface area contributed by atoms with Crippen LogP contribution < -0.4 is 5.32 Å². The fraction of sp³-hybridized carbons (Fsp3) is 0.804. The van der Waals surface area contributed by atoms with E-state index < -0.39 is 20.0 Å². The van der Waals surface area contributed by atoms with Crippen molar-refractivity contribution in [2.75, 3.05) is 40.9 Å². The van der Waals surface area contributed by atoms with Crippen molar-refractivity contribution in [2.45, 2.75) is 251 Å². The van der Waals surface area contributed by atoms with E-state index in [1.54, 1.807) is 6.08 Å². The van der Waals surface area contributed by atoms with Gasteiger partial charge in [0.05, 0.1) is 39.9 Å². The average molecular weight is 934 g/mol. The summed E-state index contributed by atoms with van der Waals surface area (Å²) in [4.78, 5) is 23.2. The van der Waals surface area contributed by atoms with Gasteiger partial charge < -0.3 is 19.8 Å². The predicted octanol–water partition coefficient (Wildman–Crippen LogP) is 16.1. The summed E-state index contributed by atoms with van der Waals surface area (Å²) in [6, 6.07) is -0.874. The molecule has 0 aromatic heterocycles. The lowest BCUT2D eigenvalue weighted by molar-refractivity contribution is -0.870. The van der Waals surface area contributed by atoms with Gasteiger partial charge in [0.25, 0.3) is 0 Å². The van der Waals surface area contributed by atoms with E-state index in [1.807, 2.05) is 27.2 Å². The Bertz CT molecular complexity index is 1240. The minimum absolute atomic E-state index is 0.0511. The van der Waals surface area contributed by atoms with Crippen LogP contribution in [0.3, 0.4) is 0 Å². The van der Waals surface area contributed by atoms with Crippen molar-refractivity contribution in [3.63, 3.8) is 0 Å². The molecule has 9 heteroatoms. The molecule has 3 N–H and O–H groups in total. The molecular formula is C56H106N2O6P+. The number of amides is 1. The lowest BCUT2D eigenvalue weighted by Crippen LogP contribution is -2.45. The van der Waals surface area contributed by atoms with E-state index in [-0.39, 0.29) is 19.1 Å². The van der Waals surface area contributed by atoms with Crippen LogP contribution in [0.5, 0.6) is 0 Å². The molecule has 0 rings (SSSR count). The molecule has 65 heavy (non-hydrogen) atoms. The van der Waals surface area contributed by atoms with Crippen LogP contribution >= 0.6 is 7.82 Å². The van der Waals surface area contributed by atoms with E-state index in [2.05, 4.69) is 67.8 Å². The Morgan fingerprint density at radius 3 is 1.35 bits per heavy atom. The van der Waals surface area contributed by atoms with Crippen molar-refractivity contribution in [1.82, 2.24) is 5.32 Å². The van der Waals surface area contributed by atoms with Gasteiger partial charge in [-0.2, -0.15) is 0 Å². The van der Waals surface area contributed by atoms with Crippen molar-refractivity contribution < 1.29 is 32.9 Å². The summed E-state index contributed by atoms with van der Waals surface area (Å²) in [6.45, 7) is 4.77. The molecule has 0 saturated heterocycles. The lowest BCUT2D eigenvalue weighted by atomic mass is 10.0. The number of aliphatic hydroxyl groups is 1. The molecule has 3 unspecified atom stereocenters. The second kappa shape index (κ2) is 47.3. The van der Waals surface area contributed by atoms with E-state index in [4.69, 9.17) is 9.05 Å². The number of hydrogen-bond acceptors (Lipinski definition) is 5. The molecule has 0 bridgehead atoms. The lowest BCUT2D eigenvalue weighted by Gasteiger charge is -2.25. The molecule has 0 aliphatic carbocycles. The molecular weight excluding hydrogens is 828 g/mol. The Morgan fingerprint density at radius 1 is 0.523 bits per heavy atom. The van der Waals surface area contributed by atoms with E-state index in [1.165, 1.54) is 173 Å². The number of allylic oxidation sites excluding steroid dienone is 9. The van der Waals surface area contributed by atoms with Crippen molar-refractivity contribution in [1.29, 1.82) is 0 Å². The van der Waals surface area contributed by atoms with Crippen molar-refractivity contribution >= 4 is 13.7 Å². The molecule has 1 amide bonds. The molecule has 0 aromatic carbocycles. The molecule has 0 aliphatic heterocycles. The highest BCUT2D eigenvalue weighted by Crippen LogP contribution is 2.43. The first kappa shape index (κ1) is 63.2. The summed E-state index contributed by atoms with van der Waals surface area (Å²) in [5.74, 6) is -0.195. The summed E-state index contributed by atoms with van der Waals surface area (Å²) in [5.41, 5.74) is 0. The van der Waals surface area contributed by atoms with Crippen LogP contribution in [0.15, 0.2) is 60.8 Å². The van der Waals surface area contributed by atoms with Gasteiger partial charge in [-0.1, -0.05) is 222 Å². The zero-order chi connectivity index (χ0) is 47.8. The zero-order valence-corrected chi connectivity index (χ0v) is 44.1. The number of unbranched alkanes of at least 4 members (excludes halogenated alkanes) is 29. The Hall–Kier alpha value is -1.80. The summed E-state index contributed by atoms with van der Waals surface area (Å²) in [6.07, 6.45) is 63.1. The Balaban J connectivity index is 4.35. The molecule has 380 valence electrons. The Morgan fingerprint density at radius 2 is 0.892 bits per heavy atom.